The summed E-state index contributed by atoms with van der Waals surface area (Å²) in [5.74, 6) is 2.57. The molecule has 1 fully saturated rings. The van der Waals surface area contributed by atoms with E-state index in [2.05, 4.69) is 32.7 Å². The normalized spacial score (nSPS) is 17.7. The van der Waals surface area contributed by atoms with Crippen LogP contribution in [-0.2, 0) is 23.1 Å². The third-order valence-corrected chi connectivity index (χ3v) is 4.47. The third kappa shape index (κ3) is 7.29. The molecule has 1 aliphatic heterocycles. The molecule has 0 saturated carbocycles. The Labute approximate surface area is 156 Å². The Morgan fingerprint density at radius 1 is 1.31 bits per heavy atom. The zero-order valence-electron chi connectivity index (χ0n) is 16.5. The van der Waals surface area contributed by atoms with Gasteiger partial charge in [0.25, 0.3) is 0 Å². The maximum atomic E-state index is 5.70. The Morgan fingerprint density at radius 2 is 2.12 bits per heavy atom. The van der Waals surface area contributed by atoms with Gasteiger partial charge in [-0.25, -0.2) is 4.99 Å². The minimum absolute atomic E-state index is 0.297. The molecule has 0 amide bonds. The van der Waals surface area contributed by atoms with Crippen molar-refractivity contribution < 1.29 is 9.47 Å². The summed E-state index contributed by atoms with van der Waals surface area (Å²) in [6.07, 6.45) is 5.78. The number of nitrogens with zero attached hydrogens (tertiary/aromatic N) is 4. The van der Waals surface area contributed by atoms with Crippen LogP contribution in [0, 0.1) is 6.92 Å². The predicted octanol–water partition coefficient (Wildman–Crippen LogP) is 1.54. The maximum absolute atomic E-state index is 5.70. The van der Waals surface area contributed by atoms with E-state index in [1.807, 2.05) is 18.5 Å². The number of nitrogens with one attached hydrogen (secondary N) is 2. The summed E-state index contributed by atoms with van der Waals surface area (Å²) in [5, 5.41) is 15.0. The van der Waals surface area contributed by atoms with Crippen molar-refractivity contribution in [3.63, 3.8) is 0 Å². The number of guanidine groups is 1. The zero-order chi connectivity index (χ0) is 18.6. The number of aryl methyl sites for hydroxylation is 1. The van der Waals surface area contributed by atoms with Crippen LogP contribution in [0.1, 0.15) is 50.7 Å². The van der Waals surface area contributed by atoms with Gasteiger partial charge >= 0.3 is 0 Å². The molecule has 0 spiro atoms. The van der Waals surface area contributed by atoms with Gasteiger partial charge in [0.1, 0.15) is 12.4 Å². The Balaban J connectivity index is 1.69. The molecule has 0 radical (unpaired) electrons. The summed E-state index contributed by atoms with van der Waals surface area (Å²) in [4.78, 5) is 4.63. The van der Waals surface area contributed by atoms with E-state index >= 15 is 0 Å². The molecule has 0 bridgehead atoms. The lowest BCUT2D eigenvalue weighted by Crippen LogP contribution is -2.38. The first-order valence-electron chi connectivity index (χ1n) is 9.77. The van der Waals surface area contributed by atoms with E-state index in [0.29, 0.717) is 19.3 Å². The molecule has 26 heavy (non-hydrogen) atoms. The van der Waals surface area contributed by atoms with E-state index < -0.39 is 0 Å². The van der Waals surface area contributed by atoms with Gasteiger partial charge in [0.05, 0.1) is 12.7 Å². The highest BCUT2D eigenvalue weighted by atomic mass is 16.5. The van der Waals surface area contributed by atoms with Gasteiger partial charge in [0, 0.05) is 33.4 Å². The Kier molecular flexibility index (Phi) is 9.41. The van der Waals surface area contributed by atoms with Crippen molar-refractivity contribution in [1.82, 2.24) is 25.4 Å². The number of aliphatic imine (C=N–C) groups is 1. The number of ether oxygens (including phenoxy) is 2. The molecule has 0 aliphatic carbocycles. The van der Waals surface area contributed by atoms with Gasteiger partial charge in [-0.2, -0.15) is 0 Å². The Hall–Kier alpha value is -1.67. The molecule has 1 aliphatic rings. The highest BCUT2D eigenvalue weighted by Crippen LogP contribution is 2.11. The second-order valence-corrected chi connectivity index (χ2v) is 6.66. The van der Waals surface area contributed by atoms with E-state index in [9.17, 15) is 0 Å². The Morgan fingerprint density at radius 3 is 2.77 bits per heavy atom. The largest absolute Gasteiger partial charge is 0.379 e. The van der Waals surface area contributed by atoms with Crippen molar-refractivity contribution in [2.75, 3.05) is 32.9 Å². The van der Waals surface area contributed by atoms with Crippen LogP contribution in [0.2, 0.25) is 0 Å². The molecular weight excluding hydrogens is 332 g/mol. The summed E-state index contributed by atoms with van der Waals surface area (Å²) in [5.41, 5.74) is 0. The highest BCUT2D eigenvalue weighted by molar-refractivity contribution is 5.79. The third-order valence-electron chi connectivity index (χ3n) is 4.47. The smallest absolute Gasteiger partial charge is 0.191 e. The van der Waals surface area contributed by atoms with Crippen LogP contribution in [0.25, 0.3) is 0 Å². The first kappa shape index (κ1) is 20.6. The number of hydrogen-bond acceptors (Lipinski definition) is 5. The number of hydrogen-bond donors (Lipinski definition) is 2. The molecule has 8 heteroatoms. The summed E-state index contributed by atoms with van der Waals surface area (Å²) >= 11 is 0. The van der Waals surface area contributed by atoms with Crippen molar-refractivity contribution in [2.45, 2.75) is 58.6 Å². The van der Waals surface area contributed by atoms with Crippen molar-refractivity contribution in [2.24, 2.45) is 12.0 Å². The molecule has 1 aromatic rings. The lowest BCUT2D eigenvalue weighted by molar-refractivity contribution is 0.0168. The average molecular weight is 367 g/mol. The van der Waals surface area contributed by atoms with Crippen molar-refractivity contribution in [1.29, 1.82) is 0 Å². The monoisotopic (exact) mass is 366 g/mol. The van der Waals surface area contributed by atoms with Crippen molar-refractivity contribution in [3.8, 4) is 0 Å². The number of aromatic nitrogens is 3. The second-order valence-electron chi connectivity index (χ2n) is 6.66. The molecule has 1 aromatic heterocycles. The molecule has 2 heterocycles. The molecule has 148 valence electrons. The minimum atomic E-state index is 0.297. The molecule has 0 aromatic carbocycles. The zero-order valence-corrected chi connectivity index (χ0v) is 16.5. The SMILES string of the molecule is CCCCNC(=NCc1nnc(C)n1C)NCCCOCC1CCCO1. The lowest BCUT2D eigenvalue weighted by Gasteiger charge is -2.13. The van der Waals surface area contributed by atoms with Gasteiger partial charge in [0.2, 0.25) is 0 Å². The van der Waals surface area contributed by atoms with E-state index in [-0.39, 0.29) is 0 Å². The quantitative estimate of drug-likeness (QED) is 0.351. The van der Waals surface area contributed by atoms with Crippen LogP contribution >= 0.6 is 0 Å². The van der Waals surface area contributed by atoms with E-state index in [1.165, 1.54) is 0 Å². The van der Waals surface area contributed by atoms with E-state index in [1.54, 1.807) is 0 Å². The fourth-order valence-corrected chi connectivity index (χ4v) is 2.67. The lowest BCUT2D eigenvalue weighted by atomic mass is 10.2. The maximum Gasteiger partial charge on any atom is 0.191 e. The van der Waals surface area contributed by atoms with Gasteiger partial charge < -0.3 is 24.7 Å². The fraction of sp³-hybridized carbons (Fsp3) is 0.833. The predicted molar refractivity (Wildman–Crippen MR) is 102 cm³/mol. The van der Waals surface area contributed by atoms with Crippen LogP contribution in [0.5, 0.6) is 0 Å². The highest BCUT2D eigenvalue weighted by Gasteiger charge is 2.14. The van der Waals surface area contributed by atoms with Gasteiger partial charge in [0.15, 0.2) is 11.8 Å². The minimum Gasteiger partial charge on any atom is -0.379 e. The van der Waals surface area contributed by atoms with Gasteiger partial charge in [-0.15, -0.1) is 10.2 Å². The molecule has 1 atom stereocenters. The van der Waals surface area contributed by atoms with Crippen LogP contribution < -0.4 is 10.6 Å². The second kappa shape index (κ2) is 11.9. The molecule has 2 rings (SSSR count). The Bertz CT molecular complexity index is 540. The van der Waals surface area contributed by atoms with Crippen molar-refractivity contribution >= 4 is 5.96 Å². The number of unbranched alkanes of at least 4 members (excludes halogenated alkanes) is 1. The number of rotatable bonds is 11. The first-order valence-corrected chi connectivity index (χ1v) is 9.77. The molecular formula is C18H34N6O2. The molecule has 1 saturated heterocycles. The molecule has 1 unspecified atom stereocenters. The van der Waals surface area contributed by atoms with E-state index in [0.717, 1.165) is 76.0 Å². The first-order chi connectivity index (χ1) is 12.7. The summed E-state index contributed by atoms with van der Waals surface area (Å²) < 4.78 is 13.2. The van der Waals surface area contributed by atoms with Gasteiger partial charge in [-0.1, -0.05) is 13.3 Å². The van der Waals surface area contributed by atoms with E-state index in [4.69, 9.17) is 9.47 Å². The fourth-order valence-electron chi connectivity index (χ4n) is 2.67. The van der Waals surface area contributed by atoms with Crippen molar-refractivity contribution in [3.05, 3.63) is 11.6 Å². The van der Waals surface area contributed by atoms with Gasteiger partial charge in [-0.05, 0) is 32.6 Å². The topological polar surface area (TPSA) is 85.6 Å². The van der Waals surface area contributed by atoms with Crippen LogP contribution in [-0.4, -0.2) is 59.7 Å². The summed E-state index contributed by atoms with van der Waals surface area (Å²) in [6.45, 7) is 8.68. The molecule has 8 nitrogen and oxygen atoms in total. The van der Waals surface area contributed by atoms with Gasteiger partial charge in [-0.3, -0.25) is 0 Å². The average Bonchev–Trinajstić information content (AvgIpc) is 3.27. The van der Waals surface area contributed by atoms with Crippen LogP contribution in [0.15, 0.2) is 4.99 Å². The van der Waals surface area contributed by atoms with Crippen LogP contribution in [0.4, 0.5) is 0 Å². The standard InChI is InChI=1S/C18H34N6O2/c1-4-5-9-19-18(21-13-17-23-22-15(2)24(17)3)20-10-7-11-25-14-16-8-6-12-26-16/h16H,4-14H2,1-3H3,(H2,19,20,21). The van der Waals surface area contributed by atoms with Crippen LogP contribution in [0.3, 0.4) is 0 Å². The summed E-state index contributed by atoms with van der Waals surface area (Å²) in [6, 6.07) is 0. The molecule has 2 N–H and O–H groups in total. The summed E-state index contributed by atoms with van der Waals surface area (Å²) in [7, 11) is 1.96.